The Morgan fingerprint density at radius 2 is 1.03 bits per heavy atom. The molecule has 0 heterocycles. The first kappa shape index (κ1) is 19.8. The highest BCUT2D eigenvalue weighted by Crippen LogP contribution is 2.32. The van der Waals surface area contributed by atoms with Crippen LogP contribution < -0.4 is 26.3 Å². The second-order valence-electron chi connectivity index (χ2n) is 7.13. The number of benzene rings is 4. The molecule has 4 aromatic carbocycles. The van der Waals surface area contributed by atoms with Gasteiger partial charge in [-0.15, -0.1) is 0 Å². The molecule has 0 aliphatic rings. The van der Waals surface area contributed by atoms with Gasteiger partial charge in [0.05, 0.1) is 0 Å². The predicted octanol–water partition coefficient (Wildman–Crippen LogP) is 3.78. The van der Waals surface area contributed by atoms with Gasteiger partial charge >= 0.3 is 0 Å². The van der Waals surface area contributed by atoms with E-state index in [4.69, 9.17) is 4.43 Å². The Hall–Kier alpha value is -2.51. The fraction of sp³-hybridized carbons (Fsp3) is 0.0769. The molecule has 144 valence electrons. The molecule has 0 N–H and O–H groups in total. The van der Waals surface area contributed by atoms with Gasteiger partial charge in [0.25, 0.3) is 8.32 Å². The van der Waals surface area contributed by atoms with Crippen molar-refractivity contribution in [3.63, 3.8) is 0 Å². The van der Waals surface area contributed by atoms with Crippen LogP contribution in [0.25, 0.3) is 0 Å². The molecular weight excluding hydrogens is 387 g/mol. The summed E-state index contributed by atoms with van der Waals surface area (Å²) in [6.45, 7) is 2.31. The first-order valence-corrected chi connectivity index (χ1v) is 13.6. The average molecular weight is 413 g/mol. The van der Waals surface area contributed by atoms with E-state index >= 15 is 0 Å². The van der Waals surface area contributed by atoms with Gasteiger partial charge in [0.2, 0.25) is 0 Å². The van der Waals surface area contributed by atoms with Crippen LogP contribution in [0.5, 0.6) is 0 Å². The Morgan fingerprint density at radius 1 is 0.586 bits per heavy atom. The zero-order valence-electron chi connectivity index (χ0n) is 16.8. The maximum absolute atomic E-state index is 6.32. The van der Waals surface area contributed by atoms with Gasteiger partial charge in [-0.1, -0.05) is 115 Å². The molecule has 0 radical (unpaired) electrons. The minimum atomic E-state index is -2.33. The Bertz CT molecular complexity index is 1010. The van der Waals surface area contributed by atoms with Crippen LogP contribution in [0.3, 0.4) is 0 Å². The van der Waals surface area contributed by atoms with Crippen LogP contribution in [0.15, 0.2) is 115 Å². The van der Waals surface area contributed by atoms with Gasteiger partial charge < -0.3 is 4.43 Å². The first-order valence-electron chi connectivity index (χ1n) is 9.84. The third kappa shape index (κ3) is 3.97. The Kier molecular flexibility index (Phi) is 6.06. The van der Waals surface area contributed by atoms with Gasteiger partial charge in [-0.25, -0.2) is 0 Å². The zero-order valence-corrected chi connectivity index (χ0v) is 18.7. The van der Waals surface area contributed by atoms with Gasteiger partial charge in [0.1, 0.15) is 0 Å². The van der Waals surface area contributed by atoms with Crippen LogP contribution in [-0.4, -0.2) is 15.4 Å². The number of rotatable bonds is 6. The van der Waals surface area contributed by atoms with E-state index in [1.165, 1.54) is 26.3 Å². The molecule has 0 saturated heterocycles. The molecule has 4 aromatic rings. The molecule has 0 aliphatic heterocycles. The highest BCUT2D eigenvalue weighted by Gasteiger charge is 2.36. The zero-order chi connectivity index (χ0) is 20.1. The Labute approximate surface area is 175 Å². The van der Waals surface area contributed by atoms with Gasteiger partial charge in [0.15, 0.2) is 0 Å². The van der Waals surface area contributed by atoms with Crippen LogP contribution in [0.2, 0.25) is 6.55 Å². The van der Waals surface area contributed by atoms with Gasteiger partial charge in [-0.05, 0) is 40.8 Å². The van der Waals surface area contributed by atoms with Crippen molar-refractivity contribution in [2.24, 2.45) is 0 Å². The van der Waals surface area contributed by atoms with E-state index in [1.54, 1.807) is 0 Å². The van der Waals surface area contributed by atoms with Crippen LogP contribution >= 0.6 is 7.92 Å². The van der Waals surface area contributed by atoms with E-state index in [-0.39, 0.29) is 0 Å². The van der Waals surface area contributed by atoms with Gasteiger partial charge in [-0.2, -0.15) is 0 Å². The van der Waals surface area contributed by atoms with Crippen LogP contribution in [0.1, 0.15) is 0 Å². The predicted molar refractivity (Wildman–Crippen MR) is 129 cm³/mol. The standard InChI is InChI=1S/C26H25OPSi/c1-27-29(2,24-18-10-5-11-19-24)26-21-13-12-20-25(26)28(22-14-6-3-7-15-22)23-16-8-4-9-17-23/h3-21H,1-2H3. The van der Waals surface area contributed by atoms with E-state index in [2.05, 4.69) is 122 Å². The van der Waals surface area contributed by atoms with Crippen molar-refractivity contribution < 1.29 is 4.43 Å². The van der Waals surface area contributed by atoms with E-state index < -0.39 is 16.2 Å². The van der Waals surface area contributed by atoms with Crippen molar-refractivity contribution in [1.82, 2.24) is 0 Å². The minimum absolute atomic E-state index is 0.672. The lowest BCUT2D eigenvalue weighted by Crippen LogP contribution is -2.62. The van der Waals surface area contributed by atoms with Crippen LogP contribution in [0.4, 0.5) is 0 Å². The highest BCUT2D eigenvalue weighted by atomic mass is 31.1. The van der Waals surface area contributed by atoms with E-state index in [1.807, 2.05) is 7.11 Å². The van der Waals surface area contributed by atoms with Crippen molar-refractivity contribution in [1.29, 1.82) is 0 Å². The molecule has 0 saturated carbocycles. The molecule has 1 unspecified atom stereocenters. The second-order valence-corrected chi connectivity index (χ2v) is 12.9. The molecule has 1 atom stereocenters. The summed E-state index contributed by atoms with van der Waals surface area (Å²) in [5.74, 6) is 0. The molecule has 0 amide bonds. The lowest BCUT2D eigenvalue weighted by atomic mass is 10.3. The van der Waals surface area contributed by atoms with Gasteiger partial charge in [0, 0.05) is 7.11 Å². The van der Waals surface area contributed by atoms with E-state index in [0.29, 0.717) is 0 Å². The molecule has 4 rings (SSSR count). The summed E-state index contributed by atoms with van der Waals surface area (Å²) in [6.07, 6.45) is 0. The van der Waals surface area contributed by atoms with Crippen molar-refractivity contribution in [2.75, 3.05) is 7.11 Å². The normalized spacial score (nSPS) is 13.2. The van der Waals surface area contributed by atoms with Crippen molar-refractivity contribution in [2.45, 2.75) is 6.55 Å². The topological polar surface area (TPSA) is 9.23 Å². The summed E-state index contributed by atoms with van der Waals surface area (Å²) in [5, 5.41) is 6.77. The fourth-order valence-corrected chi connectivity index (χ4v) is 9.70. The number of hydrogen-bond donors (Lipinski definition) is 0. The quantitative estimate of drug-likeness (QED) is 0.346. The van der Waals surface area contributed by atoms with Crippen molar-refractivity contribution in [3.8, 4) is 0 Å². The number of hydrogen-bond acceptors (Lipinski definition) is 1. The monoisotopic (exact) mass is 412 g/mol. The smallest absolute Gasteiger partial charge is 0.252 e. The van der Waals surface area contributed by atoms with Crippen molar-refractivity contribution in [3.05, 3.63) is 115 Å². The first-order chi connectivity index (χ1) is 14.2. The molecule has 0 fully saturated rings. The average Bonchev–Trinajstić information content (AvgIpc) is 2.81. The molecule has 0 aromatic heterocycles. The van der Waals surface area contributed by atoms with E-state index in [9.17, 15) is 0 Å². The molecule has 3 heteroatoms. The lowest BCUT2D eigenvalue weighted by Gasteiger charge is -2.31. The molecule has 29 heavy (non-hydrogen) atoms. The Morgan fingerprint density at radius 3 is 1.55 bits per heavy atom. The molecule has 0 bridgehead atoms. The SMILES string of the molecule is CO[Si](C)(c1ccccc1)c1ccccc1P(c1ccccc1)c1ccccc1. The van der Waals surface area contributed by atoms with Crippen molar-refractivity contribution >= 4 is 42.5 Å². The molecule has 1 nitrogen and oxygen atoms in total. The summed E-state index contributed by atoms with van der Waals surface area (Å²) in [7, 11) is -1.14. The summed E-state index contributed by atoms with van der Waals surface area (Å²) < 4.78 is 6.32. The maximum atomic E-state index is 6.32. The Balaban J connectivity index is 1.94. The molecule has 0 spiro atoms. The minimum Gasteiger partial charge on any atom is -0.411 e. The summed E-state index contributed by atoms with van der Waals surface area (Å²) in [4.78, 5) is 0. The lowest BCUT2D eigenvalue weighted by molar-refractivity contribution is 0.422. The molecular formula is C26H25OPSi. The summed E-state index contributed by atoms with van der Waals surface area (Å²) in [5.41, 5.74) is 0. The summed E-state index contributed by atoms with van der Waals surface area (Å²) in [6, 6.07) is 41.3. The van der Waals surface area contributed by atoms with Crippen LogP contribution in [0, 0.1) is 0 Å². The maximum Gasteiger partial charge on any atom is 0.252 e. The largest absolute Gasteiger partial charge is 0.411 e. The van der Waals surface area contributed by atoms with Gasteiger partial charge in [-0.3, -0.25) is 0 Å². The molecule has 0 aliphatic carbocycles. The second kappa shape index (κ2) is 8.88. The van der Waals surface area contributed by atoms with Crippen LogP contribution in [-0.2, 0) is 4.43 Å². The summed E-state index contributed by atoms with van der Waals surface area (Å²) >= 11 is 0. The third-order valence-corrected chi connectivity index (χ3v) is 11.8. The fourth-order valence-electron chi connectivity index (χ4n) is 3.79. The third-order valence-electron chi connectivity index (χ3n) is 5.42. The highest BCUT2D eigenvalue weighted by molar-refractivity contribution is 7.80. The van der Waals surface area contributed by atoms with E-state index in [0.717, 1.165) is 0 Å².